The average molecular weight is 462 g/mol. The van der Waals surface area contributed by atoms with Gasteiger partial charge < -0.3 is 19.2 Å². The number of carbonyl (C=O) groups is 2. The number of nitrogens with one attached hydrogen (secondary N) is 1. The van der Waals surface area contributed by atoms with Crippen LogP contribution < -0.4 is 5.32 Å². The van der Waals surface area contributed by atoms with E-state index >= 15 is 0 Å². The number of hydrogen-bond donors (Lipinski definition) is 1. The highest BCUT2D eigenvalue weighted by Crippen LogP contribution is 2.35. The van der Waals surface area contributed by atoms with Gasteiger partial charge in [-0.15, -0.1) is 0 Å². The maximum Gasteiger partial charge on any atom is 0.271 e. The zero-order valence-electron chi connectivity index (χ0n) is 20.5. The number of carbonyl (C=O) groups excluding carboxylic acids is 2. The lowest BCUT2D eigenvalue weighted by molar-refractivity contribution is -0.134. The molecule has 1 aliphatic heterocycles. The molecule has 0 spiro atoms. The Morgan fingerprint density at radius 1 is 1.09 bits per heavy atom. The Morgan fingerprint density at radius 3 is 2.53 bits per heavy atom. The molecule has 1 saturated carbocycles. The lowest BCUT2D eigenvalue weighted by atomic mass is 9.91. The Labute approximate surface area is 201 Å². The van der Waals surface area contributed by atoms with Crippen LogP contribution in [0.4, 0.5) is 0 Å². The first kappa shape index (κ1) is 22.8. The minimum absolute atomic E-state index is 0.0623. The number of rotatable bonds is 4. The van der Waals surface area contributed by atoms with E-state index in [2.05, 4.69) is 5.32 Å². The van der Waals surface area contributed by atoms with Crippen LogP contribution in [0.25, 0.3) is 11.1 Å². The zero-order chi connectivity index (χ0) is 23.9. The number of aryl methyl sites for hydroxylation is 2. The van der Waals surface area contributed by atoms with Gasteiger partial charge in [-0.2, -0.15) is 0 Å². The van der Waals surface area contributed by atoms with Crippen LogP contribution in [0, 0.1) is 13.8 Å². The van der Waals surface area contributed by atoms with Crippen molar-refractivity contribution < 1.29 is 14.0 Å². The molecule has 180 valence electrons. The summed E-state index contributed by atoms with van der Waals surface area (Å²) in [7, 11) is 0. The molecule has 2 aliphatic rings. The van der Waals surface area contributed by atoms with Gasteiger partial charge in [-0.25, -0.2) is 0 Å². The highest BCUT2D eigenvalue weighted by molar-refractivity contribution is 6.03. The van der Waals surface area contributed by atoms with Crippen LogP contribution in [0.5, 0.6) is 0 Å². The third-order valence-corrected chi connectivity index (χ3v) is 7.76. The molecule has 1 fully saturated rings. The van der Waals surface area contributed by atoms with Crippen LogP contribution in [0.2, 0.25) is 0 Å². The van der Waals surface area contributed by atoms with Crippen molar-refractivity contribution in [3.05, 3.63) is 59.0 Å². The first-order valence-electron chi connectivity index (χ1n) is 12.6. The van der Waals surface area contributed by atoms with Crippen LogP contribution in [0.1, 0.15) is 79.2 Å². The smallest absolute Gasteiger partial charge is 0.271 e. The molecule has 6 heteroatoms. The molecule has 2 aromatic heterocycles. The Morgan fingerprint density at radius 2 is 1.79 bits per heavy atom. The first-order valence-corrected chi connectivity index (χ1v) is 12.6. The van der Waals surface area contributed by atoms with Gasteiger partial charge in [0.15, 0.2) is 5.58 Å². The minimum Gasteiger partial charge on any atom is -0.460 e. The second-order valence-electron chi connectivity index (χ2n) is 10.3. The molecule has 5 rings (SSSR count). The molecule has 1 atom stereocenters. The molecule has 0 saturated heterocycles. The van der Waals surface area contributed by atoms with Gasteiger partial charge in [-0.1, -0.05) is 56.4 Å². The van der Waals surface area contributed by atoms with Crippen LogP contribution >= 0.6 is 0 Å². The van der Waals surface area contributed by atoms with E-state index in [1.807, 2.05) is 61.7 Å². The number of aromatic nitrogens is 1. The highest BCUT2D eigenvalue weighted by atomic mass is 16.3. The fourth-order valence-corrected chi connectivity index (χ4v) is 5.61. The molecular weight excluding hydrogens is 426 g/mol. The van der Waals surface area contributed by atoms with E-state index in [9.17, 15) is 9.59 Å². The molecule has 3 heterocycles. The minimum atomic E-state index is -1.01. The van der Waals surface area contributed by atoms with E-state index in [4.69, 9.17) is 4.42 Å². The van der Waals surface area contributed by atoms with E-state index in [1.54, 1.807) is 4.90 Å². The zero-order valence-corrected chi connectivity index (χ0v) is 20.5. The van der Waals surface area contributed by atoms with Gasteiger partial charge in [0, 0.05) is 24.7 Å². The predicted molar refractivity (Wildman–Crippen MR) is 133 cm³/mol. The lowest BCUT2D eigenvalue weighted by Crippen LogP contribution is -2.64. The summed E-state index contributed by atoms with van der Waals surface area (Å²) in [6.07, 6.45) is 8.04. The Bertz CT molecular complexity index is 1210. The maximum absolute atomic E-state index is 13.9. The van der Waals surface area contributed by atoms with E-state index in [0.29, 0.717) is 24.4 Å². The molecule has 34 heavy (non-hydrogen) atoms. The van der Waals surface area contributed by atoms with Crippen molar-refractivity contribution in [1.29, 1.82) is 0 Å². The highest BCUT2D eigenvalue weighted by Gasteiger charge is 2.48. The normalized spacial score (nSPS) is 21.9. The molecule has 3 aromatic rings. The summed E-state index contributed by atoms with van der Waals surface area (Å²) >= 11 is 0. The molecule has 1 aromatic carbocycles. The summed E-state index contributed by atoms with van der Waals surface area (Å²) in [6, 6.07) is 12.0. The van der Waals surface area contributed by atoms with Gasteiger partial charge in [0.05, 0.1) is 12.1 Å². The van der Waals surface area contributed by atoms with E-state index in [-0.39, 0.29) is 17.9 Å². The Kier molecular flexibility index (Phi) is 6.00. The molecule has 6 nitrogen and oxygen atoms in total. The number of nitrogens with zero attached hydrogens (tertiary/aromatic N) is 2. The molecule has 1 aliphatic carbocycles. The number of furan rings is 1. The first-order chi connectivity index (χ1) is 16.4. The Balaban J connectivity index is 1.52. The summed E-state index contributed by atoms with van der Waals surface area (Å²) in [4.78, 5) is 29.6. The van der Waals surface area contributed by atoms with Crippen LogP contribution in [-0.4, -0.2) is 32.9 Å². The van der Waals surface area contributed by atoms with Crippen molar-refractivity contribution in [2.24, 2.45) is 0 Å². The van der Waals surface area contributed by atoms with Gasteiger partial charge in [0.1, 0.15) is 17.0 Å². The summed E-state index contributed by atoms with van der Waals surface area (Å²) < 4.78 is 7.80. The van der Waals surface area contributed by atoms with Gasteiger partial charge in [-0.3, -0.25) is 9.59 Å². The fourth-order valence-electron chi connectivity index (χ4n) is 5.61. The summed E-state index contributed by atoms with van der Waals surface area (Å²) in [5.41, 5.74) is 3.32. The number of benzene rings is 1. The maximum atomic E-state index is 13.9. The van der Waals surface area contributed by atoms with E-state index in [1.165, 1.54) is 19.3 Å². The van der Waals surface area contributed by atoms with Gasteiger partial charge >= 0.3 is 0 Å². The quantitative estimate of drug-likeness (QED) is 0.558. The molecule has 1 N–H and O–H groups in total. The van der Waals surface area contributed by atoms with Gasteiger partial charge in [-0.05, 0) is 44.7 Å². The van der Waals surface area contributed by atoms with Crippen molar-refractivity contribution in [2.45, 2.75) is 90.4 Å². The summed E-state index contributed by atoms with van der Waals surface area (Å²) in [5.74, 6) is 0.609. The molecule has 0 radical (unpaired) electrons. The third kappa shape index (κ3) is 4.04. The topological polar surface area (TPSA) is 67.5 Å². The van der Waals surface area contributed by atoms with Crippen molar-refractivity contribution in [2.75, 3.05) is 0 Å². The number of hydrogen-bond acceptors (Lipinski definition) is 3. The number of fused-ring (bicyclic) bond motifs is 3. The lowest BCUT2D eigenvalue weighted by Gasteiger charge is -2.45. The predicted octanol–water partition coefficient (Wildman–Crippen LogP) is 5.49. The second-order valence-corrected chi connectivity index (χ2v) is 10.3. The Hall–Kier alpha value is -3.02. The monoisotopic (exact) mass is 461 g/mol. The molecular formula is C28H35N3O3. The second kappa shape index (κ2) is 8.97. The third-order valence-electron chi connectivity index (χ3n) is 7.76. The average Bonchev–Trinajstić information content (AvgIpc) is 3.30. The van der Waals surface area contributed by atoms with Crippen LogP contribution in [0.3, 0.4) is 0 Å². The fraction of sp³-hybridized carbons (Fsp3) is 0.500. The SMILES string of the molecule is Cc1cc2c(cc3n2C[C@@](C)(C(=O)NC2CCCCCCC2)N(Cc2ccccc2C)C3=O)o1. The van der Waals surface area contributed by atoms with Crippen molar-refractivity contribution in [3.8, 4) is 0 Å². The standard InChI is InChI=1S/C28H35N3O3/c1-19-11-9-10-12-21(19)17-31-26(32)24-16-25-23(15-20(2)34-25)30(24)18-28(31,3)27(33)29-22-13-7-5-4-6-8-14-22/h9-12,15-16,22H,4-8,13-14,17-18H2,1-3H3,(H,29,33)/t28-/m0/s1. The van der Waals surface area contributed by atoms with Crippen LogP contribution in [0.15, 0.2) is 40.8 Å². The largest absolute Gasteiger partial charge is 0.460 e. The number of amides is 2. The summed E-state index contributed by atoms with van der Waals surface area (Å²) in [6.45, 7) is 6.67. The molecule has 0 bridgehead atoms. The van der Waals surface area contributed by atoms with Crippen molar-refractivity contribution in [1.82, 2.24) is 14.8 Å². The molecule has 2 amide bonds. The van der Waals surface area contributed by atoms with Crippen LogP contribution in [-0.2, 0) is 17.9 Å². The van der Waals surface area contributed by atoms with Gasteiger partial charge in [0.2, 0.25) is 5.91 Å². The van der Waals surface area contributed by atoms with E-state index in [0.717, 1.165) is 48.1 Å². The van der Waals surface area contributed by atoms with Crippen molar-refractivity contribution in [3.63, 3.8) is 0 Å². The van der Waals surface area contributed by atoms with E-state index < -0.39 is 5.54 Å². The van der Waals surface area contributed by atoms with Gasteiger partial charge in [0.25, 0.3) is 5.91 Å². The molecule has 0 unspecified atom stereocenters. The summed E-state index contributed by atoms with van der Waals surface area (Å²) in [5, 5.41) is 3.35. The van der Waals surface area contributed by atoms with Crippen molar-refractivity contribution >= 4 is 22.9 Å².